The number of ether oxygens (including phenoxy) is 1. The van der Waals surface area contributed by atoms with E-state index >= 15 is 0 Å². The number of anilines is 1. The van der Waals surface area contributed by atoms with Crippen molar-refractivity contribution in [3.8, 4) is 0 Å². The van der Waals surface area contributed by atoms with Crippen molar-refractivity contribution in [3.63, 3.8) is 0 Å². The molecule has 0 unspecified atom stereocenters. The molecule has 1 N–H and O–H groups in total. The van der Waals surface area contributed by atoms with Crippen molar-refractivity contribution in [2.75, 3.05) is 25.1 Å². The van der Waals surface area contributed by atoms with Gasteiger partial charge >= 0.3 is 6.09 Å². The number of alkyl carbamates (subject to hydrolysis) is 1. The maximum absolute atomic E-state index is 11.6. The van der Waals surface area contributed by atoms with Gasteiger partial charge in [0.1, 0.15) is 0 Å². The number of hydrogen-bond donors (Lipinski definition) is 1. The van der Waals surface area contributed by atoms with Crippen LogP contribution in [0.25, 0.3) is 0 Å². The summed E-state index contributed by atoms with van der Waals surface area (Å²) in [5.74, 6) is -0.198. The summed E-state index contributed by atoms with van der Waals surface area (Å²) in [6.45, 7) is 1.93. The van der Waals surface area contributed by atoms with Gasteiger partial charge in [-0.15, -0.1) is 0 Å². The van der Waals surface area contributed by atoms with E-state index in [1.807, 2.05) is 0 Å². The third kappa shape index (κ3) is 4.61. The zero-order valence-electron chi connectivity index (χ0n) is 10.6. The van der Waals surface area contributed by atoms with E-state index < -0.39 is 6.09 Å². The second kappa shape index (κ2) is 7.21. The maximum atomic E-state index is 11.6. The van der Waals surface area contributed by atoms with Crippen molar-refractivity contribution >= 4 is 40.9 Å². The molecule has 0 aliphatic heterocycles. The van der Waals surface area contributed by atoms with Crippen LogP contribution in [0.3, 0.4) is 0 Å². The number of methoxy groups -OCH3 is 1. The molecule has 0 heterocycles. The van der Waals surface area contributed by atoms with Gasteiger partial charge in [-0.3, -0.25) is 4.79 Å². The van der Waals surface area contributed by atoms with Crippen LogP contribution in [0.15, 0.2) is 18.2 Å². The largest absolute Gasteiger partial charge is 0.453 e. The number of nitrogens with one attached hydrogen (secondary N) is 1. The number of carbonyl (C=O) groups is 2. The summed E-state index contributed by atoms with van der Waals surface area (Å²) in [5, 5.41) is 3.38. The fourth-order valence-corrected chi connectivity index (χ4v) is 1.87. The maximum Gasteiger partial charge on any atom is 0.406 e. The minimum Gasteiger partial charge on any atom is -0.453 e. The van der Waals surface area contributed by atoms with Gasteiger partial charge in [-0.1, -0.05) is 23.2 Å². The van der Waals surface area contributed by atoms with Gasteiger partial charge in [0.15, 0.2) is 0 Å². The molecule has 0 aromatic heterocycles. The molecule has 2 amide bonds. The molecule has 0 saturated carbocycles. The summed E-state index contributed by atoms with van der Waals surface area (Å²) in [5.41, 5.74) is 0.508. The summed E-state index contributed by atoms with van der Waals surface area (Å²) >= 11 is 11.9. The third-order valence-electron chi connectivity index (χ3n) is 2.37. The van der Waals surface area contributed by atoms with Crippen LogP contribution in [-0.4, -0.2) is 32.2 Å². The zero-order chi connectivity index (χ0) is 14.4. The van der Waals surface area contributed by atoms with Crippen LogP contribution in [0, 0.1) is 0 Å². The summed E-state index contributed by atoms with van der Waals surface area (Å²) in [6, 6.07) is 4.85. The molecule has 1 aromatic carbocycles. The highest BCUT2D eigenvalue weighted by molar-refractivity contribution is 6.35. The van der Waals surface area contributed by atoms with Crippen LogP contribution in [-0.2, 0) is 9.53 Å². The predicted molar refractivity (Wildman–Crippen MR) is 74.9 cm³/mol. The van der Waals surface area contributed by atoms with Crippen molar-refractivity contribution in [1.29, 1.82) is 0 Å². The van der Waals surface area contributed by atoms with Crippen LogP contribution in [0.1, 0.15) is 6.92 Å². The van der Waals surface area contributed by atoms with Gasteiger partial charge in [0.2, 0.25) is 5.91 Å². The molecule has 0 saturated heterocycles. The van der Waals surface area contributed by atoms with Gasteiger partial charge in [0, 0.05) is 25.0 Å². The van der Waals surface area contributed by atoms with E-state index in [0.29, 0.717) is 15.7 Å². The summed E-state index contributed by atoms with van der Waals surface area (Å²) < 4.78 is 4.44. The van der Waals surface area contributed by atoms with Crippen molar-refractivity contribution in [2.45, 2.75) is 6.92 Å². The molecule has 5 nitrogen and oxygen atoms in total. The van der Waals surface area contributed by atoms with E-state index in [0.717, 1.165) is 0 Å². The number of rotatable bonds is 4. The standard InChI is InChI=1S/C12H14Cl2N2O3/c1-8(17)16(6-5-15-12(18)19-2)11-7-9(13)3-4-10(11)14/h3-4,7H,5-6H2,1-2H3,(H,15,18). The van der Waals surface area contributed by atoms with Crippen molar-refractivity contribution in [3.05, 3.63) is 28.2 Å². The number of halogens is 2. The lowest BCUT2D eigenvalue weighted by atomic mass is 10.2. The van der Waals surface area contributed by atoms with Crippen molar-refractivity contribution in [2.24, 2.45) is 0 Å². The fraction of sp³-hybridized carbons (Fsp3) is 0.333. The van der Waals surface area contributed by atoms with Crippen molar-refractivity contribution < 1.29 is 14.3 Å². The zero-order valence-corrected chi connectivity index (χ0v) is 12.1. The summed E-state index contributed by atoms with van der Waals surface area (Å²) in [6.07, 6.45) is -0.555. The number of carbonyl (C=O) groups excluding carboxylic acids is 2. The van der Waals surface area contributed by atoms with Gasteiger partial charge in [0.25, 0.3) is 0 Å². The Labute approximate surface area is 121 Å². The minimum absolute atomic E-state index is 0.198. The first-order chi connectivity index (χ1) is 8.95. The summed E-state index contributed by atoms with van der Waals surface area (Å²) in [4.78, 5) is 24.0. The van der Waals surface area contributed by atoms with Gasteiger partial charge in [-0.25, -0.2) is 4.79 Å². The first kappa shape index (κ1) is 15.6. The third-order valence-corrected chi connectivity index (χ3v) is 2.92. The van der Waals surface area contributed by atoms with E-state index in [1.54, 1.807) is 18.2 Å². The van der Waals surface area contributed by atoms with E-state index in [1.165, 1.54) is 18.9 Å². The Morgan fingerprint density at radius 1 is 1.37 bits per heavy atom. The normalized spacial score (nSPS) is 9.89. The Bertz CT molecular complexity index is 480. The minimum atomic E-state index is -0.555. The van der Waals surface area contributed by atoms with E-state index in [4.69, 9.17) is 23.2 Å². The van der Waals surface area contributed by atoms with Crippen LogP contribution in [0.5, 0.6) is 0 Å². The van der Waals surface area contributed by atoms with E-state index in [2.05, 4.69) is 10.1 Å². The molecule has 0 fully saturated rings. The molecular formula is C12H14Cl2N2O3. The van der Waals surface area contributed by atoms with Crippen LogP contribution >= 0.6 is 23.2 Å². The monoisotopic (exact) mass is 304 g/mol. The average molecular weight is 305 g/mol. The molecule has 0 bridgehead atoms. The second-order valence-corrected chi connectivity index (χ2v) is 4.53. The fourth-order valence-electron chi connectivity index (χ4n) is 1.48. The Morgan fingerprint density at radius 2 is 2.05 bits per heavy atom. The smallest absolute Gasteiger partial charge is 0.406 e. The first-order valence-electron chi connectivity index (χ1n) is 5.50. The highest BCUT2D eigenvalue weighted by Gasteiger charge is 2.15. The Kier molecular flexibility index (Phi) is 5.92. The van der Waals surface area contributed by atoms with Gasteiger partial charge < -0.3 is 15.0 Å². The molecule has 19 heavy (non-hydrogen) atoms. The number of nitrogens with zero attached hydrogens (tertiary/aromatic N) is 1. The molecule has 104 valence electrons. The van der Waals surface area contributed by atoms with Gasteiger partial charge in [-0.05, 0) is 18.2 Å². The van der Waals surface area contributed by atoms with Crippen LogP contribution in [0.2, 0.25) is 10.0 Å². The van der Waals surface area contributed by atoms with E-state index in [9.17, 15) is 9.59 Å². The molecule has 0 radical (unpaired) electrons. The lowest BCUT2D eigenvalue weighted by Crippen LogP contribution is -2.37. The SMILES string of the molecule is COC(=O)NCCN(C(C)=O)c1cc(Cl)ccc1Cl. The average Bonchev–Trinajstić information content (AvgIpc) is 2.37. The molecular weight excluding hydrogens is 291 g/mol. The lowest BCUT2D eigenvalue weighted by Gasteiger charge is -2.22. The number of benzene rings is 1. The Balaban J connectivity index is 2.80. The van der Waals surface area contributed by atoms with Crippen molar-refractivity contribution in [1.82, 2.24) is 5.32 Å². The first-order valence-corrected chi connectivity index (χ1v) is 6.26. The lowest BCUT2D eigenvalue weighted by molar-refractivity contribution is -0.116. The molecule has 1 aromatic rings. The molecule has 1 rings (SSSR count). The highest BCUT2D eigenvalue weighted by Crippen LogP contribution is 2.28. The van der Waals surface area contributed by atoms with Gasteiger partial charge in [0.05, 0.1) is 17.8 Å². The Morgan fingerprint density at radius 3 is 2.63 bits per heavy atom. The number of hydrogen-bond acceptors (Lipinski definition) is 3. The molecule has 0 spiro atoms. The highest BCUT2D eigenvalue weighted by atomic mass is 35.5. The molecule has 0 atom stereocenters. The molecule has 0 aliphatic carbocycles. The van der Waals surface area contributed by atoms with Gasteiger partial charge in [-0.2, -0.15) is 0 Å². The number of amides is 2. The second-order valence-electron chi connectivity index (χ2n) is 3.68. The molecule has 0 aliphatic rings. The van der Waals surface area contributed by atoms with Crippen LogP contribution in [0.4, 0.5) is 10.5 Å². The summed E-state index contributed by atoms with van der Waals surface area (Å²) in [7, 11) is 1.27. The van der Waals surface area contributed by atoms with E-state index in [-0.39, 0.29) is 19.0 Å². The van der Waals surface area contributed by atoms with Crippen LogP contribution < -0.4 is 10.2 Å². The topological polar surface area (TPSA) is 58.6 Å². The quantitative estimate of drug-likeness (QED) is 0.930. The molecule has 7 heteroatoms. The Hall–Kier alpha value is -1.46. The predicted octanol–water partition coefficient (Wildman–Crippen LogP) is 2.70.